The minimum Gasteiger partial charge on any atom is -0.455 e. The van der Waals surface area contributed by atoms with Crippen LogP contribution >= 0.6 is 12.4 Å². The van der Waals surface area contributed by atoms with Crippen molar-refractivity contribution >= 4 is 33.3 Å². The number of para-hydroxylation sites is 1. The van der Waals surface area contributed by atoms with E-state index in [1.165, 1.54) is 32.3 Å². The highest BCUT2D eigenvalue weighted by Gasteiger charge is 2.19. The van der Waals surface area contributed by atoms with E-state index in [-0.39, 0.29) is 36.2 Å². The van der Waals surface area contributed by atoms with Crippen molar-refractivity contribution < 1.29 is 17.5 Å². The predicted octanol–water partition coefficient (Wildman–Crippen LogP) is 4.23. The zero-order chi connectivity index (χ0) is 21.2. The van der Waals surface area contributed by atoms with Crippen LogP contribution in [0.5, 0.6) is 11.5 Å². The Labute approximate surface area is 182 Å². The minimum absolute atomic E-state index is 0. The number of allylic oxidation sites excluding steroid dienone is 1. The number of rotatable bonds is 7. The van der Waals surface area contributed by atoms with E-state index in [0.717, 1.165) is 20.9 Å². The van der Waals surface area contributed by atoms with Gasteiger partial charge in [0.25, 0.3) is 0 Å². The summed E-state index contributed by atoms with van der Waals surface area (Å²) < 4.78 is 47.6. The first-order chi connectivity index (χ1) is 13.8. The molecule has 30 heavy (non-hydrogen) atoms. The molecule has 0 radical (unpaired) electrons. The van der Waals surface area contributed by atoms with Crippen LogP contribution in [0.4, 0.5) is 4.39 Å². The maximum atomic E-state index is 14.1. The number of nitrogens with two attached hydrogens (primary N) is 1. The van der Waals surface area contributed by atoms with Gasteiger partial charge in [0.1, 0.15) is 11.6 Å². The Morgan fingerprint density at radius 3 is 2.40 bits per heavy atom. The number of hydrogen-bond acceptors (Lipinski definition) is 4. The molecule has 0 unspecified atom stereocenters. The third-order valence-corrected chi connectivity index (χ3v) is 6.47. The van der Waals surface area contributed by atoms with E-state index in [0.29, 0.717) is 11.5 Å². The molecule has 3 rings (SSSR count). The molecule has 0 saturated carbocycles. The van der Waals surface area contributed by atoms with Crippen molar-refractivity contribution in [2.24, 2.45) is 5.73 Å². The lowest BCUT2D eigenvalue weighted by molar-refractivity contribution is 0.477. The molecule has 6 nitrogen and oxygen atoms in total. The Bertz CT molecular complexity index is 1160. The molecule has 0 fully saturated rings. The molecule has 0 bridgehead atoms. The first-order valence-electron chi connectivity index (χ1n) is 9.08. The van der Waals surface area contributed by atoms with Crippen LogP contribution in [0.3, 0.4) is 0 Å². The largest absolute Gasteiger partial charge is 0.455 e. The van der Waals surface area contributed by atoms with Gasteiger partial charge in [0.2, 0.25) is 10.0 Å². The number of ether oxygens (including phenoxy) is 1. The number of fused-ring (bicyclic) bond motifs is 1. The smallest absolute Gasteiger partial charge is 0.242 e. The molecule has 0 aliphatic heterocycles. The number of sulfonamides is 1. The lowest BCUT2D eigenvalue weighted by Crippen LogP contribution is -2.22. The Balaban J connectivity index is 0.00000320. The van der Waals surface area contributed by atoms with Gasteiger partial charge in [-0.05, 0) is 49.4 Å². The van der Waals surface area contributed by atoms with Gasteiger partial charge in [0, 0.05) is 26.0 Å². The molecule has 0 spiro atoms. The van der Waals surface area contributed by atoms with E-state index in [1.807, 2.05) is 35.8 Å². The van der Waals surface area contributed by atoms with Gasteiger partial charge in [-0.1, -0.05) is 12.1 Å². The third kappa shape index (κ3) is 4.67. The van der Waals surface area contributed by atoms with Crippen LogP contribution in [0.15, 0.2) is 65.3 Å². The van der Waals surface area contributed by atoms with E-state index in [1.54, 1.807) is 12.1 Å². The fourth-order valence-electron chi connectivity index (χ4n) is 3.08. The minimum atomic E-state index is -3.51. The van der Waals surface area contributed by atoms with Crippen molar-refractivity contribution in [3.63, 3.8) is 0 Å². The maximum Gasteiger partial charge on any atom is 0.242 e. The third-order valence-electron chi connectivity index (χ3n) is 4.64. The molecular weight excluding hydrogens is 429 g/mol. The summed E-state index contributed by atoms with van der Waals surface area (Å²) >= 11 is 0. The van der Waals surface area contributed by atoms with Crippen molar-refractivity contribution in [3.05, 3.63) is 66.1 Å². The maximum absolute atomic E-state index is 14.1. The molecular formula is C21H25ClFN3O3S. The molecule has 0 aliphatic carbocycles. The van der Waals surface area contributed by atoms with Gasteiger partial charge < -0.3 is 15.0 Å². The quantitative estimate of drug-likeness (QED) is 0.580. The van der Waals surface area contributed by atoms with Crippen molar-refractivity contribution in [3.8, 4) is 11.5 Å². The summed E-state index contributed by atoms with van der Waals surface area (Å²) in [6, 6.07) is 13.8. The topological polar surface area (TPSA) is 77.6 Å². The monoisotopic (exact) mass is 453 g/mol. The average Bonchev–Trinajstić information content (AvgIpc) is 2.94. The van der Waals surface area contributed by atoms with E-state index in [9.17, 15) is 12.8 Å². The highest BCUT2D eigenvalue weighted by Crippen LogP contribution is 2.36. The highest BCUT2D eigenvalue weighted by atomic mass is 35.5. The number of halogens is 2. The number of aromatic nitrogens is 1. The summed E-state index contributed by atoms with van der Waals surface area (Å²) in [4.78, 5) is 0.183. The van der Waals surface area contributed by atoms with Gasteiger partial charge >= 0.3 is 0 Å². The predicted molar refractivity (Wildman–Crippen MR) is 120 cm³/mol. The first kappa shape index (κ1) is 23.9. The number of hydrogen-bond donors (Lipinski definition) is 1. The van der Waals surface area contributed by atoms with Gasteiger partial charge in [0.15, 0.2) is 5.75 Å². The van der Waals surface area contributed by atoms with Gasteiger partial charge in [-0.15, -0.1) is 12.4 Å². The summed E-state index contributed by atoms with van der Waals surface area (Å²) in [7, 11) is -0.544. The standard InChI is InChI=1S/C21H24FN3O3S.ClH/c1-15-21(28-17-8-10-18(11-9-17)29(26,27)24(2)3)19-6-4-5-7-20(19)25(15)14-16(22)12-13-23;/h4-12H,13-14,23H2,1-3H3;1H. The molecule has 0 aliphatic rings. The summed E-state index contributed by atoms with van der Waals surface area (Å²) in [6.07, 6.45) is 1.35. The molecule has 3 aromatic rings. The van der Waals surface area contributed by atoms with Crippen LogP contribution in [0.2, 0.25) is 0 Å². The van der Waals surface area contributed by atoms with E-state index in [4.69, 9.17) is 10.5 Å². The number of nitrogens with zero attached hydrogens (tertiary/aromatic N) is 2. The van der Waals surface area contributed by atoms with Crippen LogP contribution in [0.1, 0.15) is 5.69 Å². The van der Waals surface area contributed by atoms with E-state index >= 15 is 0 Å². The molecule has 2 N–H and O–H groups in total. The molecule has 0 saturated heterocycles. The van der Waals surface area contributed by atoms with Crippen molar-refractivity contribution in [2.75, 3.05) is 20.6 Å². The molecule has 1 aromatic heterocycles. The highest BCUT2D eigenvalue weighted by molar-refractivity contribution is 7.89. The molecule has 9 heteroatoms. The summed E-state index contributed by atoms with van der Waals surface area (Å²) in [5.41, 5.74) is 7.01. The first-order valence-corrected chi connectivity index (χ1v) is 10.5. The second-order valence-corrected chi connectivity index (χ2v) is 8.92. The molecule has 1 heterocycles. The summed E-state index contributed by atoms with van der Waals surface area (Å²) in [5.74, 6) is 0.775. The van der Waals surface area contributed by atoms with Crippen molar-refractivity contribution in [1.29, 1.82) is 0 Å². The molecule has 0 amide bonds. The second-order valence-electron chi connectivity index (χ2n) is 6.77. The molecule has 162 valence electrons. The zero-order valence-electron chi connectivity index (χ0n) is 17.0. The molecule has 2 aromatic carbocycles. The fraction of sp³-hybridized carbons (Fsp3) is 0.238. The zero-order valence-corrected chi connectivity index (χ0v) is 18.6. The Kier molecular flexibility index (Phi) is 7.65. The second kappa shape index (κ2) is 9.61. The van der Waals surface area contributed by atoms with Crippen LogP contribution in [-0.4, -0.2) is 37.9 Å². The van der Waals surface area contributed by atoms with Gasteiger partial charge in [0.05, 0.1) is 22.7 Å². The van der Waals surface area contributed by atoms with Crippen LogP contribution in [-0.2, 0) is 16.6 Å². The molecule has 0 atom stereocenters. The SMILES string of the molecule is Cc1c(Oc2ccc(S(=O)(=O)N(C)C)cc2)c2ccccc2n1CC(F)=CCN.Cl. The van der Waals surface area contributed by atoms with Crippen molar-refractivity contribution in [2.45, 2.75) is 18.4 Å². The van der Waals surface area contributed by atoms with Gasteiger partial charge in [-0.25, -0.2) is 17.1 Å². The Morgan fingerprint density at radius 2 is 1.80 bits per heavy atom. The van der Waals surface area contributed by atoms with Crippen LogP contribution in [0.25, 0.3) is 10.9 Å². The fourth-order valence-corrected chi connectivity index (χ4v) is 3.99. The average molecular weight is 454 g/mol. The normalized spacial score (nSPS) is 12.3. The lowest BCUT2D eigenvalue weighted by atomic mass is 10.2. The Morgan fingerprint density at radius 1 is 1.17 bits per heavy atom. The number of benzene rings is 2. The van der Waals surface area contributed by atoms with Gasteiger partial charge in [-0.2, -0.15) is 0 Å². The van der Waals surface area contributed by atoms with E-state index in [2.05, 4.69) is 0 Å². The summed E-state index contributed by atoms with van der Waals surface area (Å²) in [5, 5.41) is 0.843. The summed E-state index contributed by atoms with van der Waals surface area (Å²) in [6.45, 7) is 2.05. The van der Waals surface area contributed by atoms with Gasteiger partial charge in [-0.3, -0.25) is 0 Å². The van der Waals surface area contributed by atoms with Crippen LogP contribution < -0.4 is 10.5 Å². The Hall–Kier alpha value is -2.39. The van der Waals surface area contributed by atoms with Crippen molar-refractivity contribution in [1.82, 2.24) is 8.87 Å². The lowest BCUT2D eigenvalue weighted by Gasteiger charge is -2.12. The van der Waals surface area contributed by atoms with E-state index < -0.39 is 10.0 Å². The van der Waals surface area contributed by atoms with Crippen LogP contribution in [0, 0.1) is 6.92 Å².